The molecule has 0 atom stereocenters. The second kappa shape index (κ2) is 11.3. The first-order valence-corrected chi connectivity index (χ1v) is 14.7. The molecule has 5 rings (SSSR count). The normalized spacial score (nSPS) is 17.4. The maximum atomic E-state index is 15.1. The number of methoxy groups -OCH3 is 1. The van der Waals surface area contributed by atoms with Gasteiger partial charge in [0.05, 0.1) is 35.7 Å². The lowest BCUT2D eigenvalue weighted by atomic mass is 10.1. The molecule has 2 fully saturated rings. The zero-order valence-corrected chi connectivity index (χ0v) is 23.4. The Labute approximate surface area is 244 Å². The summed E-state index contributed by atoms with van der Waals surface area (Å²) >= 11 is 0. The number of halogens is 1. The molecule has 1 aliphatic heterocycles. The van der Waals surface area contributed by atoms with Gasteiger partial charge in [0.15, 0.2) is 27.1 Å². The fourth-order valence-electron chi connectivity index (χ4n) is 4.47. The minimum Gasteiger partial charge on any atom is -0.494 e. The number of aryl methyl sites for hydroxylation is 1. The molecule has 1 saturated carbocycles. The summed E-state index contributed by atoms with van der Waals surface area (Å²) in [6.45, 7) is -2.80. The minimum atomic E-state index is -3.21. The van der Waals surface area contributed by atoms with Gasteiger partial charge in [0.2, 0.25) is 5.91 Å². The number of rotatable bonds is 8. The van der Waals surface area contributed by atoms with Crippen LogP contribution in [0.1, 0.15) is 37.9 Å². The highest BCUT2D eigenvalue weighted by atomic mass is 32.2. The zero-order chi connectivity index (χ0) is 32.7. The minimum absolute atomic E-state index is 0.0253. The van der Waals surface area contributed by atoms with Crippen LogP contribution in [0, 0.1) is 11.7 Å². The van der Waals surface area contributed by atoms with Gasteiger partial charge in [0, 0.05) is 54.8 Å². The summed E-state index contributed by atoms with van der Waals surface area (Å²) in [7, 11) is -0.397. The number of sulfone groups is 1. The van der Waals surface area contributed by atoms with Gasteiger partial charge in [-0.25, -0.2) is 12.8 Å². The lowest BCUT2D eigenvalue weighted by molar-refractivity contribution is -0.117. The number of nitrogens with one attached hydrogen (secondary N) is 3. The number of amides is 3. The van der Waals surface area contributed by atoms with E-state index in [2.05, 4.69) is 25.9 Å². The van der Waals surface area contributed by atoms with Crippen molar-refractivity contribution in [2.75, 3.05) is 49.3 Å². The van der Waals surface area contributed by atoms with E-state index in [1.807, 2.05) is 5.32 Å². The van der Waals surface area contributed by atoms with Crippen molar-refractivity contribution in [3.63, 3.8) is 0 Å². The molecule has 2 aliphatic rings. The Morgan fingerprint density at radius 3 is 2.50 bits per heavy atom. The molecule has 2 aromatic heterocycles. The van der Waals surface area contributed by atoms with Crippen LogP contribution >= 0.6 is 0 Å². The van der Waals surface area contributed by atoms with Gasteiger partial charge >= 0.3 is 0 Å². The first kappa shape index (κ1) is 25.1. The van der Waals surface area contributed by atoms with Gasteiger partial charge in [-0.1, -0.05) is 0 Å². The van der Waals surface area contributed by atoms with E-state index in [1.54, 1.807) is 0 Å². The topological polar surface area (TPSA) is 178 Å². The molecule has 42 heavy (non-hydrogen) atoms. The molecule has 1 aliphatic carbocycles. The molecule has 3 aromatic rings. The molecule has 1 saturated heterocycles. The maximum absolute atomic E-state index is 15.1. The maximum Gasteiger partial charge on any atom is 0.273 e. The highest BCUT2D eigenvalue weighted by Crippen LogP contribution is 2.39. The second-order valence-electron chi connectivity index (χ2n) is 9.85. The quantitative estimate of drug-likeness (QED) is 0.340. The molecular weight excluding hydrogens is 571 g/mol. The fourth-order valence-corrected chi connectivity index (χ4v) is 5.67. The molecule has 0 radical (unpaired) electrons. The number of aromatic nitrogens is 4. The van der Waals surface area contributed by atoms with Crippen molar-refractivity contribution in [2.45, 2.75) is 12.8 Å². The van der Waals surface area contributed by atoms with E-state index in [0.29, 0.717) is 12.8 Å². The van der Waals surface area contributed by atoms with Crippen molar-refractivity contribution >= 4 is 44.8 Å². The summed E-state index contributed by atoms with van der Waals surface area (Å²) in [4.78, 5) is 39.7. The van der Waals surface area contributed by atoms with Crippen molar-refractivity contribution < 1.29 is 36.0 Å². The van der Waals surface area contributed by atoms with Crippen molar-refractivity contribution in [1.82, 2.24) is 30.2 Å². The fraction of sp³-hybridized carbons (Fsp3) is 0.385. The zero-order valence-electron chi connectivity index (χ0n) is 25.6. The van der Waals surface area contributed by atoms with E-state index in [0.717, 1.165) is 12.1 Å². The Kier molecular flexibility index (Phi) is 6.79. The Bertz CT molecular complexity index is 1780. The van der Waals surface area contributed by atoms with Gasteiger partial charge in [-0.2, -0.15) is 5.10 Å². The third-order valence-electron chi connectivity index (χ3n) is 6.86. The van der Waals surface area contributed by atoms with Crippen LogP contribution < -0.4 is 20.7 Å². The average Bonchev–Trinajstić information content (AvgIpc) is 3.73. The van der Waals surface area contributed by atoms with E-state index in [9.17, 15) is 22.8 Å². The molecule has 0 spiro atoms. The van der Waals surface area contributed by atoms with Crippen molar-refractivity contribution in [2.24, 2.45) is 13.0 Å². The second-order valence-corrected chi connectivity index (χ2v) is 12.2. The number of benzene rings is 1. The van der Waals surface area contributed by atoms with Gasteiger partial charge in [-0.15, -0.1) is 10.2 Å². The number of hydrogen-bond acceptors (Lipinski definition) is 10. The molecular formula is C26H29FN8O6S. The van der Waals surface area contributed by atoms with Crippen LogP contribution in [-0.4, -0.2) is 89.7 Å². The van der Waals surface area contributed by atoms with Gasteiger partial charge in [-0.05, 0) is 25.0 Å². The summed E-state index contributed by atoms with van der Waals surface area (Å²) in [5.41, 5.74) is -0.211. The average molecular weight is 604 g/mol. The molecule has 3 amide bonds. The molecule has 14 nitrogen and oxygen atoms in total. The number of carbonyl (C=O) groups is 3. The number of ether oxygens (including phenoxy) is 1. The third kappa shape index (κ3) is 6.02. The van der Waals surface area contributed by atoms with E-state index in [-0.39, 0.29) is 76.3 Å². The summed E-state index contributed by atoms with van der Waals surface area (Å²) in [5, 5.41) is 19.3. The molecule has 3 heterocycles. The van der Waals surface area contributed by atoms with Gasteiger partial charge in [-0.3, -0.25) is 19.1 Å². The monoisotopic (exact) mass is 603 g/mol. The van der Waals surface area contributed by atoms with Crippen LogP contribution in [0.25, 0.3) is 11.3 Å². The molecule has 3 N–H and O–H groups in total. The molecule has 222 valence electrons. The Balaban J connectivity index is 1.50. The first-order chi connectivity index (χ1) is 21.1. The van der Waals surface area contributed by atoms with E-state index < -0.39 is 40.1 Å². The largest absolute Gasteiger partial charge is 0.494 e. The molecule has 0 bridgehead atoms. The SMILES string of the molecule is [2H]C([2H])([2H])NC(=O)c1nnc(NC(=O)C2CC2)cc1Nc1cc(F)cc(-c2cc(C(=O)N3CCS(=O)(=O)CC3)n(C)n2)c1OC. The Hall–Kier alpha value is -4.60. The highest BCUT2D eigenvalue weighted by Gasteiger charge is 2.31. The lowest BCUT2D eigenvalue weighted by Crippen LogP contribution is -2.44. The van der Waals surface area contributed by atoms with Crippen molar-refractivity contribution in [3.05, 3.63) is 41.5 Å². The van der Waals surface area contributed by atoms with E-state index in [4.69, 9.17) is 8.85 Å². The summed E-state index contributed by atoms with van der Waals surface area (Å²) in [6.07, 6.45) is 1.43. The number of nitrogens with zero attached hydrogens (tertiary/aromatic N) is 5. The van der Waals surface area contributed by atoms with Crippen LogP contribution in [0.4, 0.5) is 21.6 Å². The summed E-state index contributed by atoms with van der Waals surface area (Å²) < 4.78 is 67.7. The van der Waals surface area contributed by atoms with Crippen LogP contribution in [0.5, 0.6) is 5.75 Å². The Morgan fingerprint density at radius 1 is 1.10 bits per heavy atom. The predicted molar refractivity (Wildman–Crippen MR) is 150 cm³/mol. The lowest BCUT2D eigenvalue weighted by Gasteiger charge is -2.26. The standard InChI is InChI=1S/C26H29FN8O6S/c1-28-25(37)22-18(13-21(31-32-22)30-24(36)14-4-5-14)29-19-11-15(27)10-16(23(19)41-3)17-12-20(34(2)33-17)26(38)35-6-8-42(39,40)9-7-35/h10-14H,4-9H2,1-3H3,(H,28,37)(H2,29,30,31,36)/i1D3. The molecule has 1 aromatic carbocycles. The van der Waals surface area contributed by atoms with Gasteiger partial charge in [0.25, 0.3) is 11.8 Å². The Morgan fingerprint density at radius 2 is 1.83 bits per heavy atom. The highest BCUT2D eigenvalue weighted by molar-refractivity contribution is 7.91. The number of hydrogen-bond donors (Lipinski definition) is 3. The number of carbonyl (C=O) groups excluding carboxylic acids is 3. The predicted octanol–water partition coefficient (Wildman–Crippen LogP) is 1.35. The van der Waals surface area contributed by atoms with E-state index in [1.165, 1.54) is 35.9 Å². The van der Waals surface area contributed by atoms with Crippen LogP contribution in [0.15, 0.2) is 24.3 Å². The summed E-state index contributed by atoms with van der Waals surface area (Å²) in [5.74, 6) is -3.10. The molecule has 0 unspecified atom stereocenters. The van der Waals surface area contributed by atoms with Crippen LogP contribution in [0.3, 0.4) is 0 Å². The van der Waals surface area contributed by atoms with Crippen molar-refractivity contribution in [1.29, 1.82) is 0 Å². The van der Waals surface area contributed by atoms with Crippen LogP contribution in [-0.2, 0) is 21.7 Å². The number of anilines is 3. The van der Waals surface area contributed by atoms with Crippen molar-refractivity contribution in [3.8, 4) is 17.0 Å². The third-order valence-corrected chi connectivity index (χ3v) is 8.46. The van der Waals surface area contributed by atoms with E-state index >= 15 is 4.39 Å². The first-order valence-electron chi connectivity index (χ1n) is 14.3. The van der Waals surface area contributed by atoms with Gasteiger partial charge < -0.3 is 25.6 Å². The summed E-state index contributed by atoms with van der Waals surface area (Å²) in [6, 6.07) is 4.85. The van der Waals surface area contributed by atoms with Gasteiger partial charge in [0.1, 0.15) is 11.5 Å². The smallest absolute Gasteiger partial charge is 0.273 e. The van der Waals surface area contributed by atoms with Crippen LogP contribution in [0.2, 0.25) is 0 Å². The molecule has 16 heteroatoms.